The fourth-order valence-corrected chi connectivity index (χ4v) is 1.67. The summed E-state index contributed by atoms with van der Waals surface area (Å²) in [6.45, 7) is 2.02. The number of nitrogen functional groups attached to an aromatic ring is 1. The van der Waals surface area contributed by atoms with Crippen LogP contribution in [-0.4, -0.2) is 12.1 Å². The van der Waals surface area contributed by atoms with Crippen molar-refractivity contribution in [3.05, 3.63) is 42.2 Å². The first kappa shape index (κ1) is 10.5. The second kappa shape index (κ2) is 4.23. The van der Waals surface area contributed by atoms with Crippen molar-refractivity contribution in [2.75, 3.05) is 12.8 Å². The molecule has 0 bridgehead atoms. The first-order valence-electron chi connectivity index (χ1n) is 5.07. The molecule has 1 aromatic heterocycles. The van der Waals surface area contributed by atoms with Crippen LogP contribution in [0.25, 0.3) is 11.1 Å². The molecular formula is C13H14N2O. The highest BCUT2D eigenvalue weighted by Gasteiger charge is 2.06. The number of nitrogens with two attached hydrogens (primary N) is 1. The Morgan fingerprint density at radius 3 is 2.44 bits per heavy atom. The zero-order chi connectivity index (χ0) is 11.5. The Balaban J connectivity index is 2.51. The molecule has 3 heteroatoms. The Morgan fingerprint density at radius 2 is 1.81 bits per heavy atom. The number of hydrogen-bond donors (Lipinski definition) is 1. The van der Waals surface area contributed by atoms with Crippen molar-refractivity contribution >= 4 is 5.69 Å². The van der Waals surface area contributed by atoms with E-state index in [2.05, 4.69) is 4.98 Å². The predicted molar refractivity (Wildman–Crippen MR) is 65.4 cm³/mol. The monoisotopic (exact) mass is 214 g/mol. The van der Waals surface area contributed by atoms with Crippen LogP contribution < -0.4 is 10.5 Å². The zero-order valence-corrected chi connectivity index (χ0v) is 9.40. The van der Waals surface area contributed by atoms with Crippen molar-refractivity contribution in [3.8, 4) is 16.9 Å². The maximum atomic E-state index is 5.66. The highest BCUT2D eigenvalue weighted by molar-refractivity contribution is 5.69. The molecule has 2 N–H and O–H groups in total. The predicted octanol–water partition coefficient (Wildman–Crippen LogP) is 2.65. The lowest BCUT2D eigenvalue weighted by atomic mass is 10.0. The standard InChI is InChI=1S/C13H14N2O/c1-9-12(7-15-8-13(9)16-2)10-3-5-11(14)6-4-10/h3-8H,14H2,1-2H3. The first-order valence-corrected chi connectivity index (χ1v) is 5.07. The molecule has 3 nitrogen and oxygen atoms in total. The third kappa shape index (κ3) is 1.84. The number of benzene rings is 1. The van der Waals surface area contributed by atoms with Gasteiger partial charge in [0.05, 0.1) is 13.3 Å². The fourth-order valence-electron chi connectivity index (χ4n) is 1.67. The van der Waals surface area contributed by atoms with Crippen LogP contribution in [0.5, 0.6) is 5.75 Å². The molecular weight excluding hydrogens is 200 g/mol. The Labute approximate surface area is 94.9 Å². The van der Waals surface area contributed by atoms with Crippen molar-refractivity contribution in [3.63, 3.8) is 0 Å². The quantitative estimate of drug-likeness (QED) is 0.782. The van der Waals surface area contributed by atoms with E-state index < -0.39 is 0 Å². The molecule has 2 rings (SSSR count). The normalized spacial score (nSPS) is 10.1. The summed E-state index contributed by atoms with van der Waals surface area (Å²) in [5.41, 5.74) is 9.67. The van der Waals surface area contributed by atoms with Gasteiger partial charge in [-0.3, -0.25) is 4.98 Å². The van der Waals surface area contributed by atoms with Crippen molar-refractivity contribution < 1.29 is 4.74 Å². The average molecular weight is 214 g/mol. The molecule has 0 aliphatic carbocycles. The number of aromatic nitrogens is 1. The van der Waals surface area contributed by atoms with Gasteiger partial charge in [-0.1, -0.05) is 12.1 Å². The smallest absolute Gasteiger partial charge is 0.140 e. The molecule has 0 amide bonds. The van der Waals surface area contributed by atoms with E-state index in [1.807, 2.05) is 37.4 Å². The third-order valence-electron chi connectivity index (χ3n) is 2.61. The van der Waals surface area contributed by atoms with Crippen LogP contribution >= 0.6 is 0 Å². The second-order valence-corrected chi connectivity index (χ2v) is 3.64. The molecule has 0 radical (unpaired) electrons. The summed E-state index contributed by atoms with van der Waals surface area (Å²) in [5, 5.41) is 0. The molecule has 1 heterocycles. The van der Waals surface area contributed by atoms with Gasteiger partial charge in [0, 0.05) is 23.0 Å². The van der Waals surface area contributed by atoms with Gasteiger partial charge in [-0.2, -0.15) is 0 Å². The molecule has 0 aliphatic rings. The van der Waals surface area contributed by atoms with E-state index in [4.69, 9.17) is 10.5 Å². The lowest BCUT2D eigenvalue weighted by Crippen LogP contribution is -1.92. The van der Waals surface area contributed by atoms with Crippen molar-refractivity contribution in [2.45, 2.75) is 6.92 Å². The SMILES string of the molecule is COc1cncc(-c2ccc(N)cc2)c1C. The van der Waals surface area contributed by atoms with Gasteiger partial charge in [-0.25, -0.2) is 0 Å². The molecule has 0 saturated heterocycles. The molecule has 0 atom stereocenters. The summed E-state index contributed by atoms with van der Waals surface area (Å²) < 4.78 is 5.24. The maximum Gasteiger partial charge on any atom is 0.140 e. The van der Waals surface area contributed by atoms with Crippen LogP contribution in [0.4, 0.5) is 5.69 Å². The highest BCUT2D eigenvalue weighted by Crippen LogP contribution is 2.28. The van der Waals surface area contributed by atoms with Gasteiger partial charge in [0.25, 0.3) is 0 Å². The Morgan fingerprint density at radius 1 is 1.12 bits per heavy atom. The first-order chi connectivity index (χ1) is 7.72. The summed E-state index contributed by atoms with van der Waals surface area (Å²) in [6, 6.07) is 7.74. The van der Waals surface area contributed by atoms with Crippen LogP contribution in [0.2, 0.25) is 0 Å². The molecule has 0 fully saturated rings. The summed E-state index contributed by atoms with van der Waals surface area (Å²) >= 11 is 0. The number of hydrogen-bond acceptors (Lipinski definition) is 3. The molecule has 0 aliphatic heterocycles. The number of nitrogens with zero attached hydrogens (tertiary/aromatic N) is 1. The molecule has 0 spiro atoms. The van der Waals surface area contributed by atoms with Gasteiger partial charge in [0.1, 0.15) is 5.75 Å². The Kier molecular flexibility index (Phi) is 2.77. The lowest BCUT2D eigenvalue weighted by molar-refractivity contribution is 0.410. The number of anilines is 1. The Hall–Kier alpha value is -2.03. The van der Waals surface area contributed by atoms with Gasteiger partial charge in [0.15, 0.2) is 0 Å². The van der Waals surface area contributed by atoms with Crippen LogP contribution in [-0.2, 0) is 0 Å². The van der Waals surface area contributed by atoms with Crippen LogP contribution in [0.3, 0.4) is 0 Å². The molecule has 16 heavy (non-hydrogen) atoms. The van der Waals surface area contributed by atoms with Crippen LogP contribution in [0.15, 0.2) is 36.7 Å². The van der Waals surface area contributed by atoms with Gasteiger partial charge in [-0.15, -0.1) is 0 Å². The van der Waals surface area contributed by atoms with Crippen molar-refractivity contribution in [2.24, 2.45) is 0 Å². The molecule has 82 valence electrons. The van der Waals surface area contributed by atoms with Crippen LogP contribution in [0, 0.1) is 6.92 Å². The third-order valence-corrected chi connectivity index (χ3v) is 2.61. The van der Waals surface area contributed by atoms with E-state index >= 15 is 0 Å². The maximum absolute atomic E-state index is 5.66. The minimum atomic E-state index is 0.761. The van der Waals surface area contributed by atoms with Gasteiger partial charge < -0.3 is 10.5 Å². The number of rotatable bonds is 2. The van der Waals surface area contributed by atoms with Gasteiger partial charge in [0.2, 0.25) is 0 Å². The van der Waals surface area contributed by atoms with E-state index in [0.29, 0.717) is 0 Å². The van der Waals surface area contributed by atoms with Crippen molar-refractivity contribution in [1.82, 2.24) is 4.98 Å². The van der Waals surface area contributed by atoms with E-state index in [1.165, 1.54) is 0 Å². The zero-order valence-electron chi connectivity index (χ0n) is 9.40. The largest absolute Gasteiger partial charge is 0.495 e. The van der Waals surface area contributed by atoms with E-state index in [1.54, 1.807) is 13.3 Å². The Bertz CT molecular complexity index is 492. The summed E-state index contributed by atoms with van der Waals surface area (Å²) in [5.74, 6) is 0.800. The minimum absolute atomic E-state index is 0.761. The molecule has 2 aromatic rings. The number of ether oxygens (including phenoxy) is 1. The van der Waals surface area contributed by atoms with Gasteiger partial charge >= 0.3 is 0 Å². The molecule has 0 unspecified atom stereocenters. The minimum Gasteiger partial charge on any atom is -0.495 e. The summed E-state index contributed by atoms with van der Waals surface area (Å²) in [7, 11) is 1.65. The molecule has 0 saturated carbocycles. The molecule has 1 aromatic carbocycles. The summed E-state index contributed by atoms with van der Waals surface area (Å²) in [4.78, 5) is 4.16. The summed E-state index contributed by atoms with van der Waals surface area (Å²) in [6.07, 6.45) is 3.56. The second-order valence-electron chi connectivity index (χ2n) is 3.64. The number of pyridine rings is 1. The average Bonchev–Trinajstić information content (AvgIpc) is 2.31. The van der Waals surface area contributed by atoms with Crippen LogP contribution in [0.1, 0.15) is 5.56 Å². The lowest BCUT2D eigenvalue weighted by Gasteiger charge is -2.09. The van der Waals surface area contributed by atoms with E-state index in [-0.39, 0.29) is 0 Å². The topological polar surface area (TPSA) is 48.1 Å². The number of methoxy groups -OCH3 is 1. The van der Waals surface area contributed by atoms with Crippen molar-refractivity contribution in [1.29, 1.82) is 0 Å². The van der Waals surface area contributed by atoms with Gasteiger partial charge in [-0.05, 0) is 24.6 Å². The van der Waals surface area contributed by atoms with E-state index in [0.717, 1.165) is 28.1 Å². The highest BCUT2D eigenvalue weighted by atomic mass is 16.5. The van der Waals surface area contributed by atoms with E-state index in [9.17, 15) is 0 Å². The fraction of sp³-hybridized carbons (Fsp3) is 0.154.